The van der Waals surface area contributed by atoms with E-state index < -0.39 is 11.1 Å². The molecule has 0 aromatic carbocycles. The van der Waals surface area contributed by atoms with Crippen LogP contribution in [0.1, 0.15) is 51.9 Å². The molecule has 5 heteroatoms. The molecule has 0 bridgehead atoms. The maximum Gasteiger partial charge on any atom is 0.249 e. The minimum atomic E-state index is -0.608. The molecule has 1 aliphatic heterocycles. The molecule has 1 heterocycles. The van der Waals surface area contributed by atoms with Crippen molar-refractivity contribution in [2.75, 3.05) is 18.6 Å². The summed E-state index contributed by atoms with van der Waals surface area (Å²) in [4.78, 5) is 27.9. The Morgan fingerprint density at radius 1 is 1.29 bits per heavy atom. The van der Waals surface area contributed by atoms with Crippen molar-refractivity contribution in [1.82, 2.24) is 10.2 Å². The topological polar surface area (TPSA) is 49.4 Å². The standard InChI is InChI=1S/C16H26N2O2S/c1-15(12-6-7-12)13(19)17-16(8-3-4-9-16)14(20)18(15)10-5-11-21-2/h12H,3-11H2,1-2H3,(H,17,19). The van der Waals surface area contributed by atoms with E-state index in [9.17, 15) is 9.59 Å². The minimum Gasteiger partial charge on any atom is -0.340 e. The van der Waals surface area contributed by atoms with Gasteiger partial charge in [0.25, 0.3) is 0 Å². The quantitative estimate of drug-likeness (QED) is 0.792. The van der Waals surface area contributed by atoms with Gasteiger partial charge in [0.05, 0.1) is 0 Å². The van der Waals surface area contributed by atoms with Gasteiger partial charge in [-0.2, -0.15) is 11.8 Å². The summed E-state index contributed by atoms with van der Waals surface area (Å²) in [7, 11) is 0. The Balaban J connectivity index is 1.87. The number of piperazine rings is 1. The van der Waals surface area contributed by atoms with Crippen molar-refractivity contribution in [3.63, 3.8) is 0 Å². The van der Waals surface area contributed by atoms with E-state index in [2.05, 4.69) is 11.6 Å². The van der Waals surface area contributed by atoms with E-state index in [0.717, 1.165) is 57.2 Å². The van der Waals surface area contributed by atoms with Crippen LogP contribution in [0.25, 0.3) is 0 Å². The molecule has 3 aliphatic rings. The van der Waals surface area contributed by atoms with E-state index >= 15 is 0 Å². The fraction of sp³-hybridized carbons (Fsp3) is 0.875. The van der Waals surface area contributed by atoms with Crippen molar-refractivity contribution in [2.24, 2.45) is 5.92 Å². The molecular weight excluding hydrogens is 284 g/mol. The fourth-order valence-electron chi connectivity index (χ4n) is 4.06. The number of thioether (sulfide) groups is 1. The van der Waals surface area contributed by atoms with E-state index in [-0.39, 0.29) is 11.8 Å². The number of carbonyl (C=O) groups is 2. The summed E-state index contributed by atoms with van der Waals surface area (Å²) in [5, 5.41) is 3.14. The zero-order valence-corrected chi connectivity index (χ0v) is 13.9. The second kappa shape index (κ2) is 5.49. The molecule has 21 heavy (non-hydrogen) atoms. The number of hydrogen-bond acceptors (Lipinski definition) is 3. The van der Waals surface area contributed by atoms with Crippen molar-refractivity contribution in [3.05, 3.63) is 0 Å². The van der Waals surface area contributed by atoms with Gasteiger partial charge in [0.2, 0.25) is 11.8 Å². The predicted molar refractivity (Wildman–Crippen MR) is 85.2 cm³/mol. The second-order valence-electron chi connectivity index (χ2n) is 6.97. The molecule has 1 N–H and O–H groups in total. The lowest BCUT2D eigenvalue weighted by Crippen LogP contribution is -2.75. The summed E-state index contributed by atoms with van der Waals surface area (Å²) in [5.41, 5.74) is -1.19. The van der Waals surface area contributed by atoms with Crippen molar-refractivity contribution in [3.8, 4) is 0 Å². The number of amides is 2. The van der Waals surface area contributed by atoms with Gasteiger partial charge in [-0.05, 0) is 57.0 Å². The highest BCUT2D eigenvalue weighted by molar-refractivity contribution is 7.98. The van der Waals surface area contributed by atoms with Gasteiger partial charge in [-0.25, -0.2) is 0 Å². The molecule has 2 saturated carbocycles. The molecule has 1 unspecified atom stereocenters. The summed E-state index contributed by atoms with van der Waals surface area (Å²) in [5.74, 6) is 1.68. The fourth-order valence-corrected chi connectivity index (χ4v) is 4.48. The van der Waals surface area contributed by atoms with E-state index in [4.69, 9.17) is 0 Å². The van der Waals surface area contributed by atoms with Gasteiger partial charge in [-0.3, -0.25) is 9.59 Å². The third kappa shape index (κ3) is 2.37. The van der Waals surface area contributed by atoms with E-state index in [0.29, 0.717) is 5.92 Å². The summed E-state index contributed by atoms with van der Waals surface area (Å²) < 4.78 is 0. The smallest absolute Gasteiger partial charge is 0.249 e. The summed E-state index contributed by atoms with van der Waals surface area (Å²) in [6, 6.07) is 0. The summed E-state index contributed by atoms with van der Waals surface area (Å²) >= 11 is 1.80. The number of nitrogens with one attached hydrogen (secondary N) is 1. The van der Waals surface area contributed by atoms with E-state index in [1.807, 2.05) is 11.8 Å². The molecule has 1 saturated heterocycles. The summed E-state index contributed by atoms with van der Waals surface area (Å²) in [6.07, 6.45) is 8.93. The number of carbonyl (C=O) groups excluding carboxylic acids is 2. The maximum atomic E-state index is 13.1. The lowest BCUT2D eigenvalue weighted by molar-refractivity contribution is -0.163. The Labute approximate surface area is 131 Å². The molecular formula is C16H26N2O2S. The molecule has 3 fully saturated rings. The molecule has 2 aliphatic carbocycles. The first-order valence-electron chi connectivity index (χ1n) is 8.18. The third-order valence-electron chi connectivity index (χ3n) is 5.59. The lowest BCUT2D eigenvalue weighted by Gasteiger charge is -2.50. The molecule has 0 aromatic rings. The van der Waals surface area contributed by atoms with Crippen LogP contribution in [0.3, 0.4) is 0 Å². The zero-order valence-electron chi connectivity index (χ0n) is 13.1. The highest BCUT2D eigenvalue weighted by Crippen LogP contribution is 2.47. The van der Waals surface area contributed by atoms with E-state index in [1.54, 1.807) is 11.8 Å². The molecule has 1 atom stereocenters. The first-order valence-corrected chi connectivity index (χ1v) is 9.57. The van der Waals surface area contributed by atoms with Crippen LogP contribution >= 0.6 is 11.8 Å². The maximum absolute atomic E-state index is 13.1. The van der Waals surface area contributed by atoms with Crippen molar-refractivity contribution >= 4 is 23.6 Å². The Bertz CT molecular complexity index is 444. The monoisotopic (exact) mass is 310 g/mol. The van der Waals surface area contributed by atoms with Gasteiger partial charge in [-0.1, -0.05) is 12.8 Å². The molecule has 0 aromatic heterocycles. The van der Waals surface area contributed by atoms with Gasteiger partial charge in [0.15, 0.2) is 0 Å². The highest BCUT2D eigenvalue weighted by Gasteiger charge is 2.61. The number of rotatable bonds is 5. The molecule has 118 valence electrons. The van der Waals surface area contributed by atoms with Gasteiger partial charge in [0.1, 0.15) is 11.1 Å². The van der Waals surface area contributed by atoms with Crippen LogP contribution in [0.5, 0.6) is 0 Å². The Kier molecular flexibility index (Phi) is 3.97. The summed E-state index contributed by atoms with van der Waals surface area (Å²) in [6.45, 7) is 2.71. The zero-order chi connectivity index (χ0) is 15.1. The van der Waals surface area contributed by atoms with E-state index in [1.165, 1.54) is 0 Å². The normalized spacial score (nSPS) is 31.8. The van der Waals surface area contributed by atoms with Crippen LogP contribution in [0.4, 0.5) is 0 Å². The van der Waals surface area contributed by atoms with Gasteiger partial charge < -0.3 is 10.2 Å². The second-order valence-corrected chi connectivity index (χ2v) is 7.95. The van der Waals surface area contributed by atoms with Crippen molar-refractivity contribution < 1.29 is 9.59 Å². The molecule has 2 amide bonds. The Morgan fingerprint density at radius 3 is 2.52 bits per heavy atom. The van der Waals surface area contributed by atoms with Crippen LogP contribution in [-0.4, -0.2) is 46.3 Å². The highest BCUT2D eigenvalue weighted by atomic mass is 32.2. The average Bonchev–Trinajstić information content (AvgIpc) is 3.22. The molecule has 0 radical (unpaired) electrons. The SMILES string of the molecule is CSCCCN1C(=O)C2(CCCC2)NC(=O)C1(C)C1CC1. The van der Waals surface area contributed by atoms with Gasteiger partial charge >= 0.3 is 0 Å². The molecule has 4 nitrogen and oxygen atoms in total. The largest absolute Gasteiger partial charge is 0.340 e. The lowest BCUT2D eigenvalue weighted by atomic mass is 9.82. The number of nitrogens with zero attached hydrogens (tertiary/aromatic N) is 1. The minimum absolute atomic E-state index is 0.0932. The molecule has 1 spiro atoms. The van der Waals surface area contributed by atoms with Crippen molar-refractivity contribution in [1.29, 1.82) is 0 Å². The van der Waals surface area contributed by atoms with Crippen LogP contribution in [-0.2, 0) is 9.59 Å². The van der Waals surface area contributed by atoms with Gasteiger partial charge in [-0.15, -0.1) is 0 Å². The van der Waals surface area contributed by atoms with Crippen LogP contribution < -0.4 is 5.32 Å². The van der Waals surface area contributed by atoms with Crippen LogP contribution in [0.2, 0.25) is 0 Å². The first-order chi connectivity index (χ1) is 10.0. The predicted octanol–water partition coefficient (Wildman–Crippen LogP) is 2.18. The average molecular weight is 310 g/mol. The first kappa shape index (κ1) is 15.2. The Morgan fingerprint density at radius 2 is 1.95 bits per heavy atom. The van der Waals surface area contributed by atoms with Crippen LogP contribution in [0, 0.1) is 5.92 Å². The van der Waals surface area contributed by atoms with Crippen LogP contribution in [0.15, 0.2) is 0 Å². The molecule has 3 rings (SSSR count). The Hall–Kier alpha value is -0.710. The third-order valence-corrected chi connectivity index (χ3v) is 6.28. The van der Waals surface area contributed by atoms with Crippen molar-refractivity contribution in [2.45, 2.75) is 62.9 Å². The van der Waals surface area contributed by atoms with Gasteiger partial charge in [0, 0.05) is 6.54 Å². The number of hydrogen-bond donors (Lipinski definition) is 1.